The third-order valence-corrected chi connectivity index (χ3v) is 2.46. The number of nitrogens with two attached hydrogens (primary N) is 2. The van der Waals surface area contributed by atoms with Crippen molar-refractivity contribution in [3.05, 3.63) is 35.9 Å². The van der Waals surface area contributed by atoms with Gasteiger partial charge in [-0.05, 0) is 12.5 Å². The van der Waals surface area contributed by atoms with Crippen LogP contribution in [0.3, 0.4) is 0 Å². The summed E-state index contributed by atoms with van der Waals surface area (Å²) in [5, 5.41) is 14.4. The van der Waals surface area contributed by atoms with Crippen LogP contribution >= 0.6 is 0 Å². The van der Waals surface area contributed by atoms with E-state index in [0.29, 0.717) is 17.5 Å². The molecule has 96 valence electrons. The summed E-state index contributed by atoms with van der Waals surface area (Å²) in [6, 6.07) is 3.20. The number of phenolic OH excluding ortho intramolecular Hbond substituents is 1. The number of hydrogen-bond acceptors (Lipinski definition) is 5. The molecule has 1 rings (SSSR count). The average Bonchev–Trinajstić information content (AvgIpc) is 2.33. The maximum absolute atomic E-state index is 11.2. The SMILES string of the molecule is C=CCc1c(C=NN)ccc(N(N)C(C)=O)c1O. The molecule has 0 aliphatic carbocycles. The molecule has 5 N–H and O–H groups in total. The summed E-state index contributed by atoms with van der Waals surface area (Å²) in [5.41, 5.74) is 1.44. The lowest BCUT2D eigenvalue weighted by atomic mass is 10.0. The van der Waals surface area contributed by atoms with Crippen molar-refractivity contribution in [2.24, 2.45) is 16.8 Å². The van der Waals surface area contributed by atoms with Crippen LogP contribution in [0.15, 0.2) is 29.9 Å². The second kappa shape index (κ2) is 5.83. The lowest BCUT2D eigenvalue weighted by molar-refractivity contribution is -0.116. The van der Waals surface area contributed by atoms with Crippen LogP contribution in [0.5, 0.6) is 5.75 Å². The first-order valence-corrected chi connectivity index (χ1v) is 5.27. The first-order valence-electron chi connectivity index (χ1n) is 5.27. The van der Waals surface area contributed by atoms with Crippen LogP contribution in [0.25, 0.3) is 0 Å². The van der Waals surface area contributed by atoms with Crippen LogP contribution in [-0.2, 0) is 11.2 Å². The van der Waals surface area contributed by atoms with Crippen LogP contribution < -0.4 is 16.7 Å². The fourth-order valence-electron chi connectivity index (χ4n) is 1.56. The van der Waals surface area contributed by atoms with Crippen LogP contribution in [0.1, 0.15) is 18.1 Å². The third kappa shape index (κ3) is 2.67. The molecule has 0 unspecified atom stereocenters. The molecule has 0 saturated heterocycles. The topological polar surface area (TPSA) is 105 Å². The normalized spacial score (nSPS) is 10.6. The van der Waals surface area contributed by atoms with Crippen molar-refractivity contribution < 1.29 is 9.90 Å². The molecule has 0 bridgehead atoms. The van der Waals surface area contributed by atoms with E-state index in [-0.39, 0.29) is 17.3 Å². The van der Waals surface area contributed by atoms with E-state index < -0.39 is 0 Å². The summed E-state index contributed by atoms with van der Waals surface area (Å²) in [7, 11) is 0. The number of carbonyl (C=O) groups is 1. The molecule has 6 nitrogen and oxygen atoms in total. The maximum atomic E-state index is 11.2. The molecule has 0 atom stereocenters. The highest BCUT2D eigenvalue weighted by Crippen LogP contribution is 2.32. The number of aromatic hydroxyl groups is 1. The smallest absolute Gasteiger partial charge is 0.238 e. The van der Waals surface area contributed by atoms with E-state index in [1.807, 2.05) is 0 Å². The quantitative estimate of drug-likeness (QED) is 0.239. The van der Waals surface area contributed by atoms with Gasteiger partial charge in [0.2, 0.25) is 5.91 Å². The summed E-state index contributed by atoms with van der Waals surface area (Å²) < 4.78 is 0. The number of anilines is 1. The Balaban J connectivity index is 3.37. The molecular formula is C12H16N4O2. The predicted molar refractivity (Wildman–Crippen MR) is 71.1 cm³/mol. The molecule has 0 fully saturated rings. The van der Waals surface area contributed by atoms with E-state index >= 15 is 0 Å². The van der Waals surface area contributed by atoms with Gasteiger partial charge in [0.25, 0.3) is 0 Å². The zero-order valence-electron chi connectivity index (χ0n) is 10.1. The highest BCUT2D eigenvalue weighted by Gasteiger charge is 2.16. The van der Waals surface area contributed by atoms with Gasteiger partial charge < -0.3 is 10.9 Å². The minimum absolute atomic E-state index is 0.0787. The third-order valence-electron chi connectivity index (χ3n) is 2.46. The molecule has 0 aromatic heterocycles. The highest BCUT2D eigenvalue weighted by molar-refractivity contribution is 5.94. The largest absolute Gasteiger partial charge is 0.505 e. The maximum Gasteiger partial charge on any atom is 0.238 e. The predicted octanol–water partition coefficient (Wildman–Crippen LogP) is 0.640. The Morgan fingerprint density at radius 2 is 2.28 bits per heavy atom. The summed E-state index contributed by atoms with van der Waals surface area (Å²) in [6.45, 7) is 4.92. The fourth-order valence-corrected chi connectivity index (χ4v) is 1.56. The molecule has 0 aliphatic heterocycles. The Labute approximate surface area is 105 Å². The number of allylic oxidation sites excluding steroid dienone is 1. The number of nitrogens with zero attached hydrogens (tertiary/aromatic N) is 2. The lowest BCUT2D eigenvalue weighted by Gasteiger charge is -2.18. The summed E-state index contributed by atoms with van der Waals surface area (Å²) in [5.74, 6) is 10.2. The van der Waals surface area contributed by atoms with Gasteiger partial charge in [0.15, 0.2) is 0 Å². The number of carbonyl (C=O) groups excluding carboxylic acids is 1. The standard InChI is InChI=1S/C12H16N4O2/c1-3-4-10-9(7-15-13)5-6-11(12(10)18)16(14)8(2)17/h3,5-7,18H,1,4,13-14H2,2H3. The number of hydrogen-bond donors (Lipinski definition) is 3. The lowest BCUT2D eigenvalue weighted by Crippen LogP contribution is -2.35. The van der Waals surface area contributed by atoms with Crippen LogP contribution in [0.4, 0.5) is 5.69 Å². The highest BCUT2D eigenvalue weighted by atomic mass is 16.3. The molecular weight excluding hydrogens is 232 g/mol. The molecule has 0 saturated carbocycles. The Hall–Kier alpha value is -2.34. The van der Waals surface area contributed by atoms with E-state index in [2.05, 4.69) is 11.7 Å². The molecule has 18 heavy (non-hydrogen) atoms. The average molecular weight is 248 g/mol. The van der Waals surface area contributed by atoms with Gasteiger partial charge >= 0.3 is 0 Å². The van der Waals surface area contributed by atoms with Crippen molar-refractivity contribution in [3.63, 3.8) is 0 Å². The first-order chi connectivity index (χ1) is 8.52. The molecule has 6 heteroatoms. The Morgan fingerprint density at radius 1 is 1.61 bits per heavy atom. The molecule has 1 amide bonds. The number of hydrazone groups is 1. The van der Waals surface area contributed by atoms with E-state index in [4.69, 9.17) is 11.7 Å². The second-order valence-corrected chi connectivity index (χ2v) is 3.66. The van der Waals surface area contributed by atoms with Gasteiger partial charge in [-0.25, -0.2) is 10.9 Å². The van der Waals surface area contributed by atoms with Crippen molar-refractivity contribution in [3.8, 4) is 5.75 Å². The van der Waals surface area contributed by atoms with Crippen molar-refractivity contribution in [1.29, 1.82) is 0 Å². The number of benzene rings is 1. The van der Waals surface area contributed by atoms with Crippen LogP contribution in [0, 0.1) is 0 Å². The van der Waals surface area contributed by atoms with Gasteiger partial charge in [-0.2, -0.15) is 5.10 Å². The molecule has 1 aromatic carbocycles. The van der Waals surface area contributed by atoms with E-state index in [0.717, 1.165) is 5.01 Å². The van der Waals surface area contributed by atoms with Gasteiger partial charge in [-0.3, -0.25) is 4.79 Å². The minimum atomic E-state index is -0.380. The van der Waals surface area contributed by atoms with Gasteiger partial charge in [0.05, 0.1) is 6.21 Å². The van der Waals surface area contributed by atoms with Crippen molar-refractivity contribution in [2.75, 3.05) is 5.01 Å². The van der Waals surface area contributed by atoms with E-state index in [1.54, 1.807) is 12.1 Å². The summed E-state index contributed by atoms with van der Waals surface area (Å²) in [6.07, 6.45) is 3.45. The van der Waals surface area contributed by atoms with Gasteiger partial charge in [0, 0.05) is 18.1 Å². The monoisotopic (exact) mass is 248 g/mol. The number of rotatable bonds is 4. The number of amides is 1. The summed E-state index contributed by atoms with van der Waals surface area (Å²) in [4.78, 5) is 11.2. The Bertz CT molecular complexity index is 497. The van der Waals surface area contributed by atoms with Crippen molar-refractivity contribution in [2.45, 2.75) is 13.3 Å². The van der Waals surface area contributed by atoms with Gasteiger partial charge in [0.1, 0.15) is 11.4 Å². The molecule has 0 spiro atoms. The van der Waals surface area contributed by atoms with Crippen molar-refractivity contribution in [1.82, 2.24) is 0 Å². The molecule has 1 aromatic rings. The number of phenols is 1. The fraction of sp³-hybridized carbons (Fsp3) is 0.167. The molecule has 0 radical (unpaired) electrons. The molecule has 0 heterocycles. The first kappa shape index (κ1) is 13.7. The Morgan fingerprint density at radius 3 is 2.78 bits per heavy atom. The summed E-state index contributed by atoms with van der Waals surface area (Å²) >= 11 is 0. The number of hydrazine groups is 1. The Kier molecular flexibility index (Phi) is 4.45. The minimum Gasteiger partial charge on any atom is -0.505 e. The zero-order valence-corrected chi connectivity index (χ0v) is 10.1. The zero-order chi connectivity index (χ0) is 13.7. The van der Waals surface area contributed by atoms with Gasteiger partial charge in [-0.1, -0.05) is 12.1 Å². The van der Waals surface area contributed by atoms with E-state index in [1.165, 1.54) is 19.2 Å². The van der Waals surface area contributed by atoms with Crippen LogP contribution in [0.2, 0.25) is 0 Å². The van der Waals surface area contributed by atoms with Crippen molar-refractivity contribution >= 4 is 17.8 Å². The van der Waals surface area contributed by atoms with E-state index in [9.17, 15) is 9.90 Å². The van der Waals surface area contributed by atoms with Crippen LogP contribution in [-0.4, -0.2) is 17.2 Å². The van der Waals surface area contributed by atoms with Gasteiger partial charge in [-0.15, -0.1) is 6.58 Å². The molecule has 0 aliphatic rings. The second-order valence-electron chi connectivity index (χ2n) is 3.66.